The van der Waals surface area contributed by atoms with Crippen LogP contribution in [0, 0.1) is 11.8 Å². The van der Waals surface area contributed by atoms with Gasteiger partial charge in [0, 0.05) is 13.2 Å². The Balaban J connectivity index is 2.16. The van der Waals surface area contributed by atoms with E-state index in [0.29, 0.717) is 11.8 Å². The average Bonchev–Trinajstić information content (AvgIpc) is 2.31. The van der Waals surface area contributed by atoms with Gasteiger partial charge in [-0.2, -0.15) is 0 Å². The van der Waals surface area contributed by atoms with E-state index in [2.05, 4.69) is 44.2 Å². The molecule has 1 saturated heterocycles. The van der Waals surface area contributed by atoms with Crippen molar-refractivity contribution in [2.75, 3.05) is 13.2 Å². The summed E-state index contributed by atoms with van der Waals surface area (Å²) in [6.45, 7) is 6.57. The Morgan fingerprint density at radius 1 is 1.06 bits per heavy atom. The molecule has 2 rings (SSSR count). The van der Waals surface area contributed by atoms with Crippen LogP contribution in [0.5, 0.6) is 0 Å². The molecule has 0 radical (unpaired) electrons. The van der Waals surface area contributed by atoms with Crippen LogP contribution in [-0.4, -0.2) is 13.2 Å². The number of hydrogen-bond acceptors (Lipinski definition) is 1. The molecule has 88 valence electrons. The summed E-state index contributed by atoms with van der Waals surface area (Å²) < 4.78 is 5.47. The number of rotatable bonds is 3. The Hall–Kier alpha value is -0.820. The second kappa shape index (κ2) is 5.49. The third kappa shape index (κ3) is 2.65. The zero-order valence-electron chi connectivity index (χ0n) is 10.4. The van der Waals surface area contributed by atoms with Gasteiger partial charge in [-0.15, -0.1) is 0 Å². The number of hydrogen-bond donors (Lipinski definition) is 0. The summed E-state index contributed by atoms with van der Waals surface area (Å²) in [5.74, 6) is 2.21. The molecule has 1 heteroatoms. The lowest BCUT2D eigenvalue weighted by atomic mass is 9.75. The van der Waals surface area contributed by atoms with Gasteiger partial charge >= 0.3 is 0 Å². The van der Waals surface area contributed by atoms with Crippen molar-refractivity contribution in [3.05, 3.63) is 35.9 Å². The lowest BCUT2D eigenvalue weighted by Crippen LogP contribution is -2.25. The van der Waals surface area contributed by atoms with Crippen molar-refractivity contribution in [2.45, 2.75) is 32.6 Å². The van der Waals surface area contributed by atoms with E-state index in [-0.39, 0.29) is 0 Å². The van der Waals surface area contributed by atoms with E-state index in [1.807, 2.05) is 0 Å². The third-order valence-corrected chi connectivity index (χ3v) is 3.68. The first kappa shape index (κ1) is 11.7. The smallest absolute Gasteiger partial charge is 0.0468 e. The van der Waals surface area contributed by atoms with Crippen LogP contribution in [0.2, 0.25) is 0 Å². The molecule has 0 amide bonds. The summed E-state index contributed by atoms with van der Waals surface area (Å²) in [5, 5.41) is 0. The molecule has 1 atom stereocenters. The van der Waals surface area contributed by atoms with Crippen LogP contribution in [0.3, 0.4) is 0 Å². The van der Waals surface area contributed by atoms with E-state index >= 15 is 0 Å². The Bertz CT molecular complexity index is 298. The zero-order valence-corrected chi connectivity index (χ0v) is 10.4. The molecule has 0 spiro atoms. The van der Waals surface area contributed by atoms with Crippen molar-refractivity contribution in [2.24, 2.45) is 11.8 Å². The van der Waals surface area contributed by atoms with Gasteiger partial charge in [-0.3, -0.25) is 0 Å². The van der Waals surface area contributed by atoms with Crippen LogP contribution in [0.4, 0.5) is 0 Å². The summed E-state index contributed by atoms with van der Waals surface area (Å²) >= 11 is 0. The molecule has 1 nitrogen and oxygen atoms in total. The molecule has 1 aromatic carbocycles. The largest absolute Gasteiger partial charge is 0.381 e. The van der Waals surface area contributed by atoms with Crippen LogP contribution in [0.1, 0.15) is 38.2 Å². The second-order valence-corrected chi connectivity index (χ2v) is 5.13. The highest BCUT2D eigenvalue weighted by Gasteiger charge is 2.27. The van der Waals surface area contributed by atoms with E-state index in [4.69, 9.17) is 4.74 Å². The summed E-state index contributed by atoms with van der Waals surface area (Å²) in [6.07, 6.45) is 2.44. The Morgan fingerprint density at radius 2 is 1.69 bits per heavy atom. The van der Waals surface area contributed by atoms with Crippen LogP contribution < -0.4 is 0 Å². The van der Waals surface area contributed by atoms with Crippen LogP contribution in [0.15, 0.2) is 30.3 Å². The minimum Gasteiger partial charge on any atom is -0.381 e. The van der Waals surface area contributed by atoms with Gasteiger partial charge in [-0.05, 0) is 36.2 Å². The van der Waals surface area contributed by atoms with Crippen molar-refractivity contribution >= 4 is 0 Å². The van der Waals surface area contributed by atoms with E-state index < -0.39 is 0 Å². The third-order valence-electron chi connectivity index (χ3n) is 3.68. The summed E-state index contributed by atoms with van der Waals surface area (Å²) in [6, 6.07) is 11.0. The molecular weight excluding hydrogens is 196 g/mol. The van der Waals surface area contributed by atoms with Crippen LogP contribution in [-0.2, 0) is 4.74 Å². The maximum absolute atomic E-state index is 5.47. The van der Waals surface area contributed by atoms with Crippen LogP contribution in [0.25, 0.3) is 0 Å². The maximum Gasteiger partial charge on any atom is 0.0468 e. The Labute approximate surface area is 98.8 Å². The van der Waals surface area contributed by atoms with Crippen molar-refractivity contribution in [1.82, 2.24) is 0 Å². The Kier molecular flexibility index (Phi) is 4.00. The molecule has 0 bridgehead atoms. The van der Waals surface area contributed by atoms with E-state index in [1.54, 1.807) is 0 Å². The molecule has 1 aliphatic heterocycles. The van der Waals surface area contributed by atoms with E-state index in [9.17, 15) is 0 Å². The highest BCUT2D eigenvalue weighted by atomic mass is 16.5. The lowest BCUT2D eigenvalue weighted by molar-refractivity contribution is 0.0522. The van der Waals surface area contributed by atoms with Crippen LogP contribution >= 0.6 is 0 Å². The van der Waals surface area contributed by atoms with Gasteiger partial charge in [0.05, 0.1) is 0 Å². The normalized spacial score (nSPS) is 19.9. The lowest BCUT2D eigenvalue weighted by Gasteiger charge is -2.33. The minimum absolute atomic E-state index is 0.699. The maximum atomic E-state index is 5.47. The van der Waals surface area contributed by atoms with Crippen molar-refractivity contribution < 1.29 is 4.74 Å². The van der Waals surface area contributed by atoms with Crippen molar-refractivity contribution in [3.63, 3.8) is 0 Å². The topological polar surface area (TPSA) is 9.23 Å². The predicted molar refractivity (Wildman–Crippen MR) is 67.6 cm³/mol. The van der Waals surface area contributed by atoms with Crippen molar-refractivity contribution in [3.8, 4) is 0 Å². The molecule has 1 aliphatic rings. The number of benzene rings is 1. The van der Waals surface area contributed by atoms with E-state index in [1.165, 1.54) is 18.4 Å². The first-order chi connectivity index (χ1) is 7.79. The van der Waals surface area contributed by atoms with Gasteiger partial charge in [-0.25, -0.2) is 0 Å². The fourth-order valence-electron chi connectivity index (χ4n) is 2.95. The zero-order chi connectivity index (χ0) is 11.4. The fourth-order valence-corrected chi connectivity index (χ4v) is 2.95. The molecule has 0 aromatic heterocycles. The van der Waals surface area contributed by atoms with Gasteiger partial charge in [-0.1, -0.05) is 44.2 Å². The van der Waals surface area contributed by atoms with Gasteiger partial charge in [0.2, 0.25) is 0 Å². The molecule has 1 aromatic rings. The summed E-state index contributed by atoms with van der Waals surface area (Å²) in [5.41, 5.74) is 1.50. The van der Waals surface area contributed by atoms with Gasteiger partial charge < -0.3 is 4.74 Å². The molecular formula is C15H22O. The monoisotopic (exact) mass is 218 g/mol. The quantitative estimate of drug-likeness (QED) is 0.748. The van der Waals surface area contributed by atoms with Gasteiger partial charge in [0.25, 0.3) is 0 Å². The molecule has 0 aliphatic carbocycles. The fraction of sp³-hybridized carbons (Fsp3) is 0.600. The SMILES string of the molecule is CC(C)[C@@H](c1ccccc1)C1CCOCC1. The first-order valence-electron chi connectivity index (χ1n) is 6.41. The minimum atomic E-state index is 0.699. The number of ether oxygens (including phenoxy) is 1. The van der Waals surface area contributed by atoms with Gasteiger partial charge in [0.1, 0.15) is 0 Å². The second-order valence-electron chi connectivity index (χ2n) is 5.13. The molecule has 0 N–H and O–H groups in total. The van der Waals surface area contributed by atoms with Gasteiger partial charge in [0.15, 0.2) is 0 Å². The molecule has 0 unspecified atom stereocenters. The first-order valence-corrected chi connectivity index (χ1v) is 6.41. The molecule has 1 heterocycles. The highest BCUT2D eigenvalue weighted by Crippen LogP contribution is 2.37. The molecule has 0 saturated carbocycles. The molecule has 16 heavy (non-hydrogen) atoms. The Morgan fingerprint density at radius 3 is 2.25 bits per heavy atom. The highest BCUT2D eigenvalue weighted by molar-refractivity contribution is 5.21. The standard InChI is InChI=1S/C15H22O/c1-12(2)15(13-6-4-3-5-7-13)14-8-10-16-11-9-14/h3-7,12,14-15H,8-11H2,1-2H3/t15-/m0/s1. The predicted octanol–water partition coefficient (Wildman–Crippen LogP) is 3.85. The summed E-state index contributed by atoms with van der Waals surface area (Å²) in [4.78, 5) is 0. The van der Waals surface area contributed by atoms with E-state index in [0.717, 1.165) is 19.1 Å². The average molecular weight is 218 g/mol. The molecule has 1 fully saturated rings. The van der Waals surface area contributed by atoms with Crippen molar-refractivity contribution in [1.29, 1.82) is 0 Å². The summed E-state index contributed by atoms with van der Waals surface area (Å²) in [7, 11) is 0.